The summed E-state index contributed by atoms with van der Waals surface area (Å²) < 4.78 is 0. The van der Waals surface area contributed by atoms with Gasteiger partial charge >= 0.3 is 0 Å². The van der Waals surface area contributed by atoms with Crippen LogP contribution in [0.2, 0.25) is 0 Å². The maximum atomic E-state index is 9.79. The van der Waals surface area contributed by atoms with E-state index in [4.69, 9.17) is 0 Å². The number of thiophene rings is 1. The van der Waals surface area contributed by atoms with Crippen LogP contribution in [0.25, 0.3) is 10.2 Å². The van der Waals surface area contributed by atoms with Crippen molar-refractivity contribution in [3.05, 3.63) is 11.4 Å². The summed E-state index contributed by atoms with van der Waals surface area (Å²) >= 11 is 1.59. The topological polar surface area (TPSA) is 70.1 Å². The largest absolute Gasteiger partial charge is 0.389 e. The summed E-state index contributed by atoms with van der Waals surface area (Å²) in [7, 11) is 0. The number of hydrogen-bond donors (Lipinski definition) is 3. The molecule has 0 bridgehead atoms. The molecular formula is C13H20N4OS. The van der Waals surface area contributed by atoms with Crippen LogP contribution in [0, 0.1) is 0 Å². The molecule has 0 spiro atoms. The molecule has 5 nitrogen and oxygen atoms in total. The maximum absolute atomic E-state index is 9.79. The standard InChI is InChI=1S/C13H20N4OS/c1-4-6-14-12-16-10(15-8-13(2,3)18)9-5-7-19-11(9)17-12/h5,7,18H,4,6,8H2,1-3H3,(H2,14,15,16,17). The lowest BCUT2D eigenvalue weighted by molar-refractivity contribution is 0.0944. The Balaban J connectivity index is 2.26. The molecule has 0 unspecified atom stereocenters. The van der Waals surface area contributed by atoms with Gasteiger partial charge in [-0.15, -0.1) is 11.3 Å². The monoisotopic (exact) mass is 280 g/mol. The highest BCUT2D eigenvalue weighted by Crippen LogP contribution is 2.26. The number of anilines is 2. The maximum Gasteiger partial charge on any atom is 0.226 e. The average molecular weight is 280 g/mol. The highest BCUT2D eigenvalue weighted by molar-refractivity contribution is 7.16. The van der Waals surface area contributed by atoms with Crippen molar-refractivity contribution in [1.29, 1.82) is 0 Å². The molecule has 0 amide bonds. The fourth-order valence-electron chi connectivity index (χ4n) is 1.61. The first kappa shape index (κ1) is 14.0. The van der Waals surface area contributed by atoms with Crippen molar-refractivity contribution in [3.63, 3.8) is 0 Å². The van der Waals surface area contributed by atoms with Crippen molar-refractivity contribution >= 4 is 33.3 Å². The molecule has 0 saturated carbocycles. The second-order valence-electron chi connectivity index (χ2n) is 5.13. The van der Waals surface area contributed by atoms with Gasteiger partial charge in [0, 0.05) is 13.1 Å². The number of rotatable bonds is 6. The molecule has 0 saturated heterocycles. The minimum atomic E-state index is -0.774. The number of nitrogens with one attached hydrogen (secondary N) is 2. The van der Waals surface area contributed by atoms with Crippen LogP contribution in [0.5, 0.6) is 0 Å². The second-order valence-corrected chi connectivity index (χ2v) is 6.02. The van der Waals surface area contributed by atoms with E-state index in [0.29, 0.717) is 12.5 Å². The molecular weight excluding hydrogens is 260 g/mol. The molecule has 0 aliphatic rings. The lowest BCUT2D eigenvalue weighted by Gasteiger charge is -2.18. The molecule has 19 heavy (non-hydrogen) atoms. The highest BCUT2D eigenvalue weighted by atomic mass is 32.1. The molecule has 0 aliphatic carbocycles. The molecule has 2 heterocycles. The lowest BCUT2D eigenvalue weighted by Crippen LogP contribution is -2.29. The summed E-state index contributed by atoms with van der Waals surface area (Å²) in [6, 6.07) is 2.00. The second kappa shape index (κ2) is 5.71. The summed E-state index contributed by atoms with van der Waals surface area (Å²) in [5.74, 6) is 1.40. The Morgan fingerprint density at radius 1 is 1.32 bits per heavy atom. The van der Waals surface area contributed by atoms with Gasteiger partial charge in [0.1, 0.15) is 10.6 Å². The predicted octanol–water partition coefficient (Wildman–Crippen LogP) is 2.70. The molecule has 0 aliphatic heterocycles. The number of hydrogen-bond acceptors (Lipinski definition) is 6. The van der Waals surface area contributed by atoms with Gasteiger partial charge in [-0.25, -0.2) is 4.98 Å². The molecule has 0 radical (unpaired) electrons. The number of aliphatic hydroxyl groups is 1. The van der Waals surface area contributed by atoms with Crippen LogP contribution in [-0.2, 0) is 0 Å². The Morgan fingerprint density at radius 2 is 2.11 bits per heavy atom. The fraction of sp³-hybridized carbons (Fsp3) is 0.538. The van der Waals surface area contributed by atoms with Gasteiger partial charge in [-0.05, 0) is 31.7 Å². The summed E-state index contributed by atoms with van der Waals surface area (Å²) in [6.45, 7) is 6.93. The van der Waals surface area contributed by atoms with Crippen LogP contribution >= 0.6 is 11.3 Å². The molecule has 3 N–H and O–H groups in total. The van der Waals surface area contributed by atoms with Crippen LogP contribution in [0.1, 0.15) is 27.2 Å². The van der Waals surface area contributed by atoms with Gasteiger partial charge in [0.15, 0.2) is 0 Å². The zero-order chi connectivity index (χ0) is 13.9. The van der Waals surface area contributed by atoms with E-state index in [1.165, 1.54) is 0 Å². The van der Waals surface area contributed by atoms with E-state index in [1.54, 1.807) is 25.2 Å². The van der Waals surface area contributed by atoms with Crippen molar-refractivity contribution in [1.82, 2.24) is 9.97 Å². The third-order valence-electron chi connectivity index (χ3n) is 2.55. The van der Waals surface area contributed by atoms with Gasteiger partial charge in [-0.2, -0.15) is 4.98 Å². The van der Waals surface area contributed by atoms with E-state index in [1.807, 2.05) is 11.4 Å². The minimum Gasteiger partial charge on any atom is -0.389 e. The zero-order valence-corrected chi connectivity index (χ0v) is 12.3. The first-order valence-electron chi connectivity index (χ1n) is 6.45. The van der Waals surface area contributed by atoms with Gasteiger partial charge in [0.2, 0.25) is 5.95 Å². The first-order chi connectivity index (χ1) is 8.99. The van der Waals surface area contributed by atoms with E-state index < -0.39 is 5.60 Å². The van der Waals surface area contributed by atoms with Gasteiger partial charge in [-0.3, -0.25) is 0 Å². The number of fused-ring (bicyclic) bond motifs is 1. The third kappa shape index (κ3) is 3.78. The van der Waals surface area contributed by atoms with Gasteiger partial charge in [0.05, 0.1) is 11.0 Å². The zero-order valence-electron chi connectivity index (χ0n) is 11.5. The van der Waals surface area contributed by atoms with Gasteiger partial charge in [0.25, 0.3) is 0 Å². The van der Waals surface area contributed by atoms with Crippen LogP contribution in [0.4, 0.5) is 11.8 Å². The summed E-state index contributed by atoms with van der Waals surface area (Å²) in [5.41, 5.74) is -0.774. The molecule has 2 rings (SSSR count). The van der Waals surface area contributed by atoms with Crippen molar-refractivity contribution in [2.24, 2.45) is 0 Å². The fourth-order valence-corrected chi connectivity index (χ4v) is 2.37. The van der Waals surface area contributed by atoms with E-state index >= 15 is 0 Å². The first-order valence-corrected chi connectivity index (χ1v) is 7.33. The number of nitrogens with zero attached hydrogens (tertiary/aromatic N) is 2. The molecule has 0 atom stereocenters. The molecule has 2 aromatic heterocycles. The molecule has 6 heteroatoms. The quantitative estimate of drug-likeness (QED) is 0.759. The van der Waals surface area contributed by atoms with Crippen LogP contribution in [0.3, 0.4) is 0 Å². The van der Waals surface area contributed by atoms with Crippen molar-refractivity contribution < 1.29 is 5.11 Å². The minimum absolute atomic E-state index is 0.447. The van der Waals surface area contributed by atoms with E-state index in [0.717, 1.165) is 29.0 Å². The molecule has 0 fully saturated rings. The Labute approximate surface area is 117 Å². The predicted molar refractivity (Wildman–Crippen MR) is 81.0 cm³/mol. The summed E-state index contributed by atoms with van der Waals surface area (Å²) in [4.78, 5) is 9.90. The van der Waals surface area contributed by atoms with Crippen molar-refractivity contribution in [2.45, 2.75) is 32.8 Å². The van der Waals surface area contributed by atoms with Crippen LogP contribution in [-0.4, -0.2) is 33.8 Å². The third-order valence-corrected chi connectivity index (χ3v) is 3.35. The van der Waals surface area contributed by atoms with E-state index in [2.05, 4.69) is 27.5 Å². The molecule has 2 aromatic rings. The summed E-state index contributed by atoms with van der Waals surface area (Å²) in [6.07, 6.45) is 1.03. The van der Waals surface area contributed by atoms with E-state index in [9.17, 15) is 5.11 Å². The van der Waals surface area contributed by atoms with Crippen LogP contribution < -0.4 is 10.6 Å². The molecule has 0 aromatic carbocycles. The SMILES string of the molecule is CCCNc1nc(NCC(C)(C)O)c2ccsc2n1. The van der Waals surface area contributed by atoms with Crippen molar-refractivity contribution in [2.75, 3.05) is 23.7 Å². The average Bonchev–Trinajstić information content (AvgIpc) is 2.80. The number of aromatic nitrogens is 2. The lowest BCUT2D eigenvalue weighted by atomic mass is 10.1. The Morgan fingerprint density at radius 3 is 2.79 bits per heavy atom. The Bertz CT molecular complexity index is 547. The smallest absolute Gasteiger partial charge is 0.226 e. The van der Waals surface area contributed by atoms with Gasteiger partial charge in [-0.1, -0.05) is 6.92 Å². The highest BCUT2D eigenvalue weighted by Gasteiger charge is 2.14. The van der Waals surface area contributed by atoms with Gasteiger partial charge < -0.3 is 15.7 Å². The summed E-state index contributed by atoms with van der Waals surface area (Å²) in [5, 5.41) is 19.2. The van der Waals surface area contributed by atoms with Crippen LogP contribution in [0.15, 0.2) is 11.4 Å². The molecule has 104 valence electrons. The Hall–Kier alpha value is -1.40. The van der Waals surface area contributed by atoms with E-state index in [-0.39, 0.29) is 0 Å². The normalized spacial score (nSPS) is 11.8. The van der Waals surface area contributed by atoms with Crippen molar-refractivity contribution in [3.8, 4) is 0 Å². The Kier molecular flexibility index (Phi) is 4.21.